The quantitative estimate of drug-likeness (QED) is 0.822. The molecule has 0 N–H and O–H groups in total. The zero-order valence-corrected chi connectivity index (χ0v) is 16.2. The second-order valence-corrected chi connectivity index (χ2v) is 7.63. The average molecular weight is 368 g/mol. The molecule has 4 heterocycles. The molecule has 0 saturated carbocycles. The predicted molar refractivity (Wildman–Crippen MR) is 105 cm³/mol. The van der Waals surface area contributed by atoms with Gasteiger partial charge in [-0.25, -0.2) is 0 Å². The molecule has 7 nitrogen and oxygen atoms in total. The molecule has 4 rings (SSSR count). The molecule has 144 valence electrons. The van der Waals surface area contributed by atoms with Gasteiger partial charge in [-0.05, 0) is 45.0 Å². The number of likely N-dealkylation sites (N-methyl/N-ethyl adjacent to an activating group) is 1. The van der Waals surface area contributed by atoms with E-state index < -0.39 is 0 Å². The highest BCUT2D eigenvalue weighted by atomic mass is 16.2. The summed E-state index contributed by atoms with van der Waals surface area (Å²) < 4.78 is 1.69. The molecule has 2 aromatic heterocycles. The van der Waals surface area contributed by atoms with E-state index in [4.69, 9.17) is 4.98 Å². The standard InChI is InChI=1S/C20H28N6O/c1-16-13-17(24-11-9-23(2)10-12-24)14-18(22-16)19-5-3-8-26(19)20(27)15-25-7-4-6-21-25/h4,6-7,13-14,19H,3,5,8-12,15H2,1-2H3/t19-/m1/s1. The van der Waals surface area contributed by atoms with Crippen LogP contribution in [0, 0.1) is 6.92 Å². The molecule has 27 heavy (non-hydrogen) atoms. The van der Waals surface area contributed by atoms with Gasteiger partial charge in [-0.3, -0.25) is 14.5 Å². The van der Waals surface area contributed by atoms with Crippen molar-refractivity contribution < 1.29 is 4.79 Å². The number of nitrogens with zero attached hydrogens (tertiary/aromatic N) is 6. The number of anilines is 1. The fourth-order valence-corrected chi connectivity index (χ4v) is 4.09. The van der Waals surface area contributed by atoms with Gasteiger partial charge < -0.3 is 14.7 Å². The molecule has 0 bridgehead atoms. The maximum absolute atomic E-state index is 12.8. The fraction of sp³-hybridized carbons (Fsp3) is 0.550. The van der Waals surface area contributed by atoms with Gasteiger partial charge in [-0.1, -0.05) is 0 Å². The molecule has 1 amide bonds. The van der Waals surface area contributed by atoms with Crippen molar-refractivity contribution in [2.45, 2.75) is 32.4 Å². The van der Waals surface area contributed by atoms with Crippen LogP contribution >= 0.6 is 0 Å². The van der Waals surface area contributed by atoms with Crippen LogP contribution in [0.25, 0.3) is 0 Å². The smallest absolute Gasteiger partial charge is 0.244 e. The van der Waals surface area contributed by atoms with Crippen LogP contribution in [0.3, 0.4) is 0 Å². The summed E-state index contributed by atoms with van der Waals surface area (Å²) >= 11 is 0. The van der Waals surface area contributed by atoms with E-state index >= 15 is 0 Å². The molecule has 0 spiro atoms. The van der Waals surface area contributed by atoms with Crippen molar-refractivity contribution in [3.05, 3.63) is 42.0 Å². The first-order chi connectivity index (χ1) is 13.1. The van der Waals surface area contributed by atoms with Crippen molar-refractivity contribution in [3.63, 3.8) is 0 Å². The lowest BCUT2D eigenvalue weighted by molar-refractivity contribution is -0.133. The van der Waals surface area contributed by atoms with Crippen molar-refractivity contribution in [2.24, 2.45) is 0 Å². The molecule has 0 unspecified atom stereocenters. The van der Waals surface area contributed by atoms with Crippen LogP contribution in [-0.4, -0.2) is 70.2 Å². The molecule has 7 heteroatoms. The highest BCUT2D eigenvalue weighted by Gasteiger charge is 2.31. The largest absolute Gasteiger partial charge is 0.369 e. The molecule has 2 saturated heterocycles. The zero-order valence-electron chi connectivity index (χ0n) is 16.2. The first-order valence-corrected chi connectivity index (χ1v) is 9.79. The minimum absolute atomic E-state index is 0.0687. The Morgan fingerprint density at radius 3 is 2.74 bits per heavy atom. The number of carbonyl (C=O) groups is 1. The van der Waals surface area contributed by atoms with Crippen molar-refractivity contribution in [1.29, 1.82) is 0 Å². The maximum atomic E-state index is 12.8. The molecule has 2 aliphatic heterocycles. The third kappa shape index (κ3) is 3.98. The number of aromatic nitrogens is 3. The molecule has 1 atom stereocenters. The number of pyridine rings is 1. The van der Waals surface area contributed by atoms with Crippen molar-refractivity contribution in [2.75, 3.05) is 44.7 Å². The van der Waals surface area contributed by atoms with Gasteiger partial charge in [0, 0.05) is 56.5 Å². The second kappa shape index (κ2) is 7.68. The van der Waals surface area contributed by atoms with Crippen LogP contribution in [0.4, 0.5) is 5.69 Å². The Morgan fingerprint density at radius 1 is 1.19 bits per heavy atom. The predicted octanol–water partition coefficient (Wildman–Crippen LogP) is 1.70. The van der Waals surface area contributed by atoms with Gasteiger partial charge >= 0.3 is 0 Å². The van der Waals surface area contributed by atoms with Crippen LogP contribution in [0.15, 0.2) is 30.6 Å². The number of piperazine rings is 1. The van der Waals surface area contributed by atoms with E-state index in [1.165, 1.54) is 5.69 Å². The Labute approximate surface area is 160 Å². The molecule has 2 aliphatic rings. The van der Waals surface area contributed by atoms with Crippen LogP contribution in [-0.2, 0) is 11.3 Å². The monoisotopic (exact) mass is 368 g/mol. The Kier molecular flexibility index (Phi) is 5.11. The number of carbonyl (C=O) groups excluding carboxylic acids is 1. The Balaban J connectivity index is 1.53. The third-order valence-electron chi connectivity index (χ3n) is 5.60. The van der Waals surface area contributed by atoms with Crippen molar-refractivity contribution in [3.8, 4) is 0 Å². The van der Waals surface area contributed by atoms with Gasteiger partial charge in [0.25, 0.3) is 0 Å². The van der Waals surface area contributed by atoms with Crippen LogP contribution < -0.4 is 4.90 Å². The molecular formula is C20H28N6O. The summed E-state index contributed by atoms with van der Waals surface area (Å²) in [4.78, 5) is 24.4. The van der Waals surface area contributed by atoms with E-state index in [1.807, 2.05) is 24.1 Å². The fourth-order valence-electron chi connectivity index (χ4n) is 4.09. The van der Waals surface area contributed by atoms with Crippen LogP contribution in [0.5, 0.6) is 0 Å². The lowest BCUT2D eigenvalue weighted by Gasteiger charge is -2.34. The van der Waals surface area contributed by atoms with E-state index in [2.05, 4.69) is 34.1 Å². The Morgan fingerprint density at radius 2 is 2.00 bits per heavy atom. The van der Waals surface area contributed by atoms with E-state index in [1.54, 1.807) is 10.9 Å². The van der Waals surface area contributed by atoms with Gasteiger partial charge in [0.15, 0.2) is 0 Å². The molecular weight excluding hydrogens is 340 g/mol. The van der Waals surface area contributed by atoms with Crippen LogP contribution in [0.1, 0.15) is 30.3 Å². The normalized spacial score (nSPS) is 21.0. The number of amides is 1. The van der Waals surface area contributed by atoms with Gasteiger partial charge in [0.2, 0.25) is 5.91 Å². The molecule has 2 aromatic rings. The molecule has 0 aliphatic carbocycles. The number of hydrogen-bond acceptors (Lipinski definition) is 5. The highest BCUT2D eigenvalue weighted by Crippen LogP contribution is 2.33. The minimum Gasteiger partial charge on any atom is -0.369 e. The lowest BCUT2D eigenvalue weighted by atomic mass is 10.1. The Hall–Kier alpha value is -2.41. The molecule has 2 fully saturated rings. The van der Waals surface area contributed by atoms with E-state index in [0.29, 0.717) is 6.54 Å². The van der Waals surface area contributed by atoms with Crippen LogP contribution in [0.2, 0.25) is 0 Å². The van der Waals surface area contributed by atoms with Gasteiger partial charge in [-0.2, -0.15) is 5.10 Å². The Bertz CT molecular complexity index is 782. The molecule has 0 aromatic carbocycles. The summed E-state index contributed by atoms with van der Waals surface area (Å²) in [7, 11) is 2.17. The summed E-state index contributed by atoms with van der Waals surface area (Å²) in [6.45, 7) is 7.36. The zero-order chi connectivity index (χ0) is 18.8. The summed E-state index contributed by atoms with van der Waals surface area (Å²) in [6.07, 6.45) is 5.54. The number of aryl methyl sites for hydroxylation is 1. The lowest BCUT2D eigenvalue weighted by Crippen LogP contribution is -2.44. The summed E-state index contributed by atoms with van der Waals surface area (Å²) in [5.74, 6) is 0.116. The number of rotatable bonds is 4. The average Bonchev–Trinajstić information content (AvgIpc) is 3.33. The first kappa shape index (κ1) is 18.0. The summed E-state index contributed by atoms with van der Waals surface area (Å²) in [5.41, 5.74) is 3.28. The van der Waals surface area contributed by atoms with E-state index in [-0.39, 0.29) is 11.9 Å². The topological polar surface area (TPSA) is 57.5 Å². The van der Waals surface area contributed by atoms with Gasteiger partial charge in [0.05, 0.1) is 11.7 Å². The first-order valence-electron chi connectivity index (χ1n) is 9.79. The SMILES string of the molecule is Cc1cc(N2CCN(C)CC2)cc([C@H]2CCCN2C(=O)Cn2cccn2)n1. The maximum Gasteiger partial charge on any atom is 0.244 e. The second-order valence-electron chi connectivity index (χ2n) is 7.63. The summed E-state index contributed by atoms with van der Waals surface area (Å²) in [5, 5.41) is 4.16. The number of likely N-dealkylation sites (tertiary alicyclic amines) is 1. The third-order valence-corrected chi connectivity index (χ3v) is 5.60. The van der Waals surface area contributed by atoms with Crippen molar-refractivity contribution >= 4 is 11.6 Å². The van der Waals surface area contributed by atoms with Gasteiger partial charge in [-0.15, -0.1) is 0 Å². The number of hydrogen-bond donors (Lipinski definition) is 0. The van der Waals surface area contributed by atoms with E-state index in [9.17, 15) is 4.79 Å². The van der Waals surface area contributed by atoms with E-state index in [0.717, 1.165) is 57.0 Å². The highest BCUT2D eigenvalue weighted by molar-refractivity contribution is 5.76. The summed E-state index contributed by atoms with van der Waals surface area (Å²) in [6, 6.07) is 6.28. The molecule has 0 radical (unpaired) electrons. The van der Waals surface area contributed by atoms with Crippen molar-refractivity contribution in [1.82, 2.24) is 24.6 Å². The van der Waals surface area contributed by atoms with Gasteiger partial charge in [0.1, 0.15) is 6.54 Å². The minimum atomic E-state index is 0.0687.